The highest BCUT2D eigenvalue weighted by Gasteiger charge is 2.28. The average Bonchev–Trinajstić information content (AvgIpc) is 3.31. The quantitative estimate of drug-likeness (QED) is 0.0502. The lowest BCUT2D eigenvalue weighted by Gasteiger charge is -2.24. The fourth-order valence-electron chi connectivity index (χ4n) is 7.23. The molecule has 0 radical (unpaired) electrons. The molecule has 2 heterocycles. The number of halogens is 2. The van der Waals surface area contributed by atoms with E-state index in [-0.39, 0.29) is 44.6 Å². The molecule has 3 atom stereocenters. The third kappa shape index (κ3) is 12.4. The molecule has 15 heteroatoms. The standard InChI is InChI=1S/C51H51Cl2N5O8/c1-30(33(4)60)50(51(61)62)58-24-40-14-44(52)48(16-46(40)63-26-36-12-34(18-54)20-56-22-36)65-28-38-8-6-10-42(31(38)2)43-11-7-9-39(32(43)3)29-66-49-17-47(41(25-59)15-45(49)53)64-27-37-13-35(19-55-5)21-57-23-37/h6-17,19-23,30,33,50,58-60H,24-29H2,1-5H3,(H,61,62)/b55-19+/t30-,33-,50-/m0/s1. The van der Waals surface area contributed by atoms with Crippen molar-refractivity contribution in [2.45, 2.75) is 79.4 Å². The zero-order chi connectivity index (χ0) is 47.3. The Morgan fingerprint density at radius 2 is 1.29 bits per heavy atom. The molecular formula is C51H51Cl2N5O8. The van der Waals surface area contributed by atoms with Crippen LogP contribution in [0.15, 0.2) is 103 Å². The summed E-state index contributed by atoms with van der Waals surface area (Å²) < 4.78 is 25.0. The first-order valence-electron chi connectivity index (χ1n) is 21.1. The van der Waals surface area contributed by atoms with Gasteiger partial charge in [0.05, 0.1) is 28.3 Å². The van der Waals surface area contributed by atoms with Crippen LogP contribution in [-0.2, 0) is 44.4 Å². The number of aromatic nitrogens is 2. The van der Waals surface area contributed by atoms with Gasteiger partial charge in [0.1, 0.15) is 61.5 Å². The molecule has 0 spiro atoms. The first-order chi connectivity index (χ1) is 31.8. The van der Waals surface area contributed by atoms with E-state index in [0.717, 1.165) is 44.5 Å². The molecule has 4 N–H and O–H groups in total. The number of ether oxygens (including phenoxy) is 4. The second kappa shape index (κ2) is 23.1. The molecule has 13 nitrogen and oxygen atoms in total. The van der Waals surface area contributed by atoms with E-state index in [1.54, 1.807) is 76.0 Å². The summed E-state index contributed by atoms with van der Waals surface area (Å²) in [7, 11) is 1.69. The Morgan fingerprint density at radius 1 is 0.758 bits per heavy atom. The number of aliphatic carboxylic acids is 1. The summed E-state index contributed by atoms with van der Waals surface area (Å²) in [6.45, 7) is 7.73. The molecular weight excluding hydrogens is 881 g/mol. The molecule has 0 bridgehead atoms. The van der Waals surface area contributed by atoms with Crippen molar-refractivity contribution in [3.8, 4) is 40.2 Å². The second-order valence-electron chi connectivity index (χ2n) is 15.8. The number of carbonyl (C=O) groups is 1. The second-order valence-corrected chi connectivity index (χ2v) is 16.6. The smallest absolute Gasteiger partial charge is 0.321 e. The number of aliphatic hydroxyl groups is 2. The van der Waals surface area contributed by atoms with Gasteiger partial charge in [0.25, 0.3) is 0 Å². The zero-order valence-corrected chi connectivity index (χ0v) is 38.7. The van der Waals surface area contributed by atoms with Crippen molar-refractivity contribution in [1.29, 1.82) is 5.26 Å². The number of nitrogens with zero attached hydrogens (tertiary/aromatic N) is 4. The Morgan fingerprint density at radius 3 is 1.82 bits per heavy atom. The van der Waals surface area contributed by atoms with Gasteiger partial charge in [0, 0.05) is 90.5 Å². The van der Waals surface area contributed by atoms with Crippen LogP contribution in [0.3, 0.4) is 0 Å². The van der Waals surface area contributed by atoms with Gasteiger partial charge in [-0.2, -0.15) is 5.26 Å². The summed E-state index contributed by atoms with van der Waals surface area (Å²) >= 11 is 13.5. The number of benzene rings is 4. The SMILES string of the molecule is C/N=C/c1cncc(COc2cc(OCc3cccc(-c4cccc(COc5cc(OCc6cncc(C#N)c6)c(CN[C@H](C(=O)O)[C@@H](C)[C@H](C)O)cc5Cl)c4C)c3C)c(Cl)cc2CO)c1. The molecule has 0 saturated heterocycles. The summed E-state index contributed by atoms with van der Waals surface area (Å²) in [6, 6.07) is 23.3. The number of aliphatic hydroxyl groups excluding tert-OH is 2. The summed E-state index contributed by atoms with van der Waals surface area (Å²) in [6.07, 6.45) is 7.33. The molecule has 0 amide bonds. The molecule has 0 aliphatic heterocycles. The topological polar surface area (TPSA) is 189 Å². The van der Waals surface area contributed by atoms with Crippen LogP contribution in [0.25, 0.3) is 11.1 Å². The number of carboxylic acid groups (broad SMARTS) is 1. The minimum absolute atomic E-state index is 0.0619. The summed E-state index contributed by atoms with van der Waals surface area (Å²) in [5.41, 5.74) is 9.69. The van der Waals surface area contributed by atoms with Crippen LogP contribution in [0.4, 0.5) is 0 Å². The van der Waals surface area contributed by atoms with Crippen molar-refractivity contribution in [2.24, 2.45) is 10.9 Å². The number of hydrogen-bond donors (Lipinski definition) is 4. The van der Waals surface area contributed by atoms with Gasteiger partial charge in [-0.1, -0.05) is 66.5 Å². The molecule has 2 aromatic heterocycles. The molecule has 342 valence electrons. The molecule has 0 saturated carbocycles. The lowest BCUT2D eigenvalue weighted by Crippen LogP contribution is -2.45. The van der Waals surface area contributed by atoms with Gasteiger partial charge in [-0.25, -0.2) is 0 Å². The molecule has 66 heavy (non-hydrogen) atoms. The van der Waals surface area contributed by atoms with E-state index in [1.165, 1.54) is 6.20 Å². The van der Waals surface area contributed by atoms with Gasteiger partial charge in [-0.05, 0) is 78.4 Å². The van der Waals surface area contributed by atoms with Crippen molar-refractivity contribution in [3.63, 3.8) is 0 Å². The van der Waals surface area contributed by atoms with E-state index in [0.29, 0.717) is 50.3 Å². The highest BCUT2D eigenvalue weighted by atomic mass is 35.5. The van der Waals surface area contributed by atoms with Gasteiger partial charge in [-0.3, -0.25) is 25.1 Å². The predicted molar refractivity (Wildman–Crippen MR) is 253 cm³/mol. The minimum Gasteiger partial charge on any atom is -0.488 e. The highest BCUT2D eigenvalue weighted by molar-refractivity contribution is 6.32. The average molecular weight is 933 g/mol. The third-order valence-corrected chi connectivity index (χ3v) is 11.8. The van der Waals surface area contributed by atoms with Crippen LogP contribution in [0.1, 0.15) is 69.5 Å². The maximum atomic E-state index is 12.1. The van der Waals surface area contributed by atoms with E-state index in [1.807, 2.05) is 44.2 Å². The highest BCUT2D eigenvalue weighted by Crippen LogP contribution is 2.37. The van der Waals surface area contributed by atoms with Gasteiger partial charge in [0.2, 0.25) is 0 Å². The van der Waals surface area contributed by atoms with Gasteiger partial charge >= 0.3 is 5.97 Å². The molecule has 0 fully saturated rings. The molecule has 0 aliphatic carbocycles. The van der Waals surface area contributed by atoms with E-state index in [2.05, 4.69) is 38.5 Å². The van der Waals surface area contributed by atoms with Gasteiger partial charge in [0.15, 0.2) is 0 Å². The lowest BCUT2D eigenvalue weighted by atomic mass is 9.92. The molecule has 4 aromatic carbocycles. The number of aliphatic imine (C=N–C) groups is 1. The van der Waals surface area contributed by atoms with Crippen LogP contribution in [0.5, 0.6) is 23.0 Å². The number of nitriles is 1. The Labute approximate surface area is 394 Å². The first kappa shape index (κ1) is 48.9. The van der Waals surface area contributed by atoms with Crippen molar-refractivity contribution < 1.29 is 39.1 Å². The monoisotopic (exact) mass is 931 g/mol. The fraction of sp³-hybridized carbons (Fsp3) is 0.275. The Bertz CT molecular complexity index is 2740. The van der Waals surface area contributed by atoms with E-state index >= 15 is 0 Å². The number of rotatable bonds is 21. The Balaban J connectivity index is 1.19. The van der Waals surface area contributed by atoms with Crippen LogP contribution >= 0.6 is 23.2 Å². The summed E-state index contributed by atoms with van der Waals surface area (Å²) in [4.78, 5) is 24.6. The Kier molecular flexibility index (Phi) is 17.1. The van der Waals surface area contributed by atoms with Crippen molar-refractivity contribution in [1.82, 2.24) is 15.3 Å². The largest absolute Gasteiger partial charge is 0.488 e. The van der Waals surface area contributed by atoms with Crippen LogP contribution in [-0.4, -0.2) is 56.7 Å². The van der Waals surface area contributed by atoms with Crippen LogP contribution in [0, 0.1) is 31.1 Å². The maximum absolute atomic E-state index is 12.1. The van der Waals surface area contributed by atoms with Crippen molar-refractivity contribution >= 4 is 35.4 Å². The minimum atomic E-state index is -1.10. The van der Waals surface area contributed by atoms with Crippen LogP contribution in [0.2, 0.25) is 10.0 Å². The number of nitrogens with one attached hydrogen (secondary N) is 1. The third-order valence-electron chi connectivity index (χ3n) is 11.2. The number of hydrogen-bond acceptors (Lipinski definition) is 12. The normalized spacial score (nSPS) is 12.6. The van der Waals surface area contributed by atoms with E-state index in [4.69, 9.17) is 42.1 Å². The van der Waals surface area contributed by atoms with Crippen molar-refractivity contribution in [3.05, 3.63) is 163 Å². The van der Waals surface area contributed by atoms with Gasteiger partial charge < -0.3 is 34.3 Å². The molecule has 6 aromatic rings. The zero-order valence-electron chi connectivity index (χ0n) is 37.2. The molecule has 0 unspecified atom stereocenters. The fourth-order valence-corrected chi connectivity index (χ4v) is 7.71. The van der Waals surface area contributed by atoms with E-state index < -0.39 is 24.0 Å². The maximum Gasteiger partial charge on any atom is 0.321 e. The summed E-state index contributed by atoms with van der Waals surface area (Å²) in [5, 5.41) is 43.2. The molecule has 0 aliphatic rings. The summed E-state index contributed by atoms with van der Waals surface area (Å²) in [5.74, 6) is -0.112. The predicted octanol–water partition coefficient (Wildman–Crippen LogP) is 9.36. The van der Waals surface area contributed by atoms with Gasteiger partial charge in [-0.15, -0.1) is 0 Å². The van der Waals surface area contributed by atoms with Crippen molar-refractivity contribution in [2.75, 3.05) is 7.05 Å². The number of pyridine rings is 2. The first-order valence-corrected chi connectivity index (χ1v) is 21.8. The van der Waals surface area contributed by atoms with E-state index in [9.17, 15) is 25.4 Å². The molecule has 6 rings (SSSR count). The van der Waals surface area contributed by atoms with Crippen LogP contribution < -0.4 is 24.3 Å². The Hall–Kier alpha value is -6.53. The lowest BCUT2D eigenvalue weighted by molar-refractivity contribution is -0.142. The number of carboxylic acids is 1.